The number of nitrogens with two attached hydrogens (primary N) is 2. The van der Waals surface area contributed by atoms with Crippen LogP contribution in [0.1, 0.15) is 31.2 Å². The molecule has 1 saturated carbocycles. The molecular weight excluding hydrogens is 438 g/mol. The molecule has 0 amide bonds. The summed E-state index contributed by atoms with van der Waals surface area (Å²) in [6.45, 7) is 1.07. The lowest BCUT2D eigenvalue weighted by atomic mass is 10.2. The molecule has 0 bridgehead atoms. The smallest absolute Gasteiger partial charge is 0.230 e. The van der Waals surface area contributed by atoms with Gasteiger partial charge in [0.05, 0.1) is 10.2 Å². The molecule has 0 atom stereocenters. The zero-order valence-corrected chi connectivity index (χ0v) is 19.0. The maximum absolute atomic E-state index is 10.1. The Bertz CT molecular complexity index is 1180. The fraction of sp³-hybridized carbons (Fsp3) is 0.364. The van der Waals surface area contributed by atoms with E-state index in [9.17, 15) is 5.11 Å². The highest BCUT2D eigenvalue weighted by molar-refractivity contribution is 7.22. The molecule has 1 aromatic carbocycles. The zero-order valence-electron chi connectivity index (χ0n) is 18.2. The summed E-state index contributed by atoms with van der Waals surface area (Å²) in [4.78, 5) is 15.5. The second-order valence-corrected chi connectivity index (χ2v) is 8.81. The minimum atomic E-state index is -0.186. The maximum Gasteiger partial charge on any atom is 0.230 e. The van der Waals surface area contributed by atoms with Crippen LogP contribution in [0, 0.1) is 11.3 Å². The molecule has 10 nitrogen and oxygen atoms in total. The van der Waals surface area contributed by atoms with Gasteiger partial charge in [-0.1, -0.05) is 24.2 Å². The molecule has 11 heteroatoms. The van der Waals surface area contributed by atoms with Gasteiger partial charge in [-0.3, -0.25) is 5.32 Å². The van der Waals surface area contributed by atoms with Gasteiger partial charge in [0.25, 0.3) is 0 Å². The van der Waals surface area contributed by atoms with Crippen molar-refractivity contribution in [2.24, 2.45) is 11.5 Å². The van der Waals surface area contributed by atoms with Crippen molar-refractivity contribution in [2.75, 3.05) is 35.4 Å². The first-order valence-corrected chi connectivity index (χ1v) is 11.7. The third-order valence-electron chi connectivity index (χ3n) is 5.51. The van der Waals surface area contributed by atoms with Crippen LogP contribution in [0.3, 0.4) is 0 Å². The van der Waals surface area contributed by atoms with Crippen molar-refractivity contribution in [3.8, 4) is 6.07 Å². The molecule has 1 fully saturated rings. The van der Waals surface area contributed by atoms with Crippen LogP contribution in [0.25, 0.3) is 16.3 Å². The van der Waals surface area contributed by atoms with Crippen LogP contribution < -0.4 is 27.0 Å². The number of nitrogens with one attached hydrogen (secondary N) is 2. The first-order valence-electron chi connectivity index (χ1n) is 10.8. The van der Waals surface area contributed by atoms with Crippen LogP contribution in [-0.2, 0) is 0 Å². The number of anilines is 4. The molecule has 0 unspecified atom stereocenters. The molecule has 0 saturated heterocycles. The van der Waals surface area contributed by atoms with Gasteiger partial charge < -0.3 is 26.8 Å². The van der Waals surface area contributed by atoms with Gasteiger partial charge in [0.1, 0.15) is 24.3 Å². The second kappa shape index (κ2) is 10.4. The molecule has 3 aromatic rings. The van der Waals surface area contributed by atoms with Crippen molar-refractivity contribution in [2.45, 2.75) is 31.7 Å². The van der Waals surface area contributed by atoms with Gasteiger partial charge in [-0.2, -0.15) is 10.2 Å². The number of fused-ring (bicyclic) bond motifs is 1. The number of hydrogen-bond donors (Lipinski definition) is 5. The standard InChI is InChI=1S/C22H27N9OS/c23-7-8-26-16-5-6-18-19(10-16)33-22(28-18)30-21-27-12-14(9-15(25)11-24)20(29-21)31(13-32)17-3-1-2-4-17/h5-6,9-10,12,17,26,32H,1-4,7-8,13,23,25H2,(H,27,28,29,30)/b15-9-. The van der Waals surface area contributed by atoms with Crippen molar-refractivity contribution in [1.29, 1.82) is 5.26 Å². The van der Waals surface area contributed by atoms with E-state index in [4.69, 9.17) is 16.7 Å². The summed E-state index contributed by atoms with van der Waals surface area (Å²) in [6.07, 6.45) is 7.30. The summed E-state index contributed by atoms with van der Waals surface area (Å²) < 4.78 is 1.02. The average molecular weight is 466 g/mol. The van der Waals surface area contributed by atoms with Gasteiger partial charge in [0.2, 0.25) is 5.95 Å². The first-order chi connectivity index (χ1) is 16.1. The van der Waals surface area contributed by atoms with Crippen molar-refractivity contribution >= 4 is 50.2 Å². The van der Waals surface area contributed by atoms with Gasteiger partial charge in [-0.15, -0.1) is 0 Å². The summed E-state index contributed by atoms with van der Waals surface area (Å²) >= 11 is 1.49. The third-order valence-corrected chi connectivity index (χ3v) is 6.44. The fourth-order valence-corrected chi connectivity index (χ4v) is 4.84. The number of hydrogen-bond acceptors (Lipinski definition) is 11. The molecule has 172 valence electrons. The summed E-state index contributed by atoms with van der Waals surface area (Å²) in [5.41, 5.74) is 13.8. The highest BCUT2D eigenvalue weighted by Crippen LogP contribution is 2.32. The number of aromatic nitrogens is 3. The van der Waals surface area contributed by atoms with Crippen molar-refractivity contribution in [3.63, 3.8) is 0 Å². The van der Waals surface area contributed by atoms with Gasteiger partial charge in [-0.05, 0) is 37.1 Å². The van der Waals surface area contributed by atoms with E-state index in [1.54, 1.807) is 6.20 Å². The SMILES string of the molecule is N#C/C(N)=C/c1cnc(Nc2nc3ccc(NCCN)cc3s2)nc1N(CO)C1CCCC1. The monoisotopic (exact) mass is 465 g/mol. The Morgan fingerprint density at radius 2 is 2.15 bits per heavy atom. The molecule has 0 radical (unpaired) electrons. The lowest BCUT2D eigenvalue weighted by Gasteiger charge is -2.29. The zero-order chi connectivity index (χ0) is 23.2. The largest absolute Gasteiger partial charge is 0.390 e. The summed E-state index contributed by atoms with van der Waals surface area (Å²) in [5.74, 6) is 0.893. The normalized spacial score (nSPS) is 14.4. The maximum atomic E-state index is 10.1. The third kappa shape index (κ3) is 5.31. The Hall–Kier alpha value is -3.46. The number of nitrogens with zero attached hydrogens (tertiary/aromatic N) is 5. The second-order valence-electron chi connectivity index (χ2n) is 7.78. The van der Waals surface area contributed by atoms with Crippen molar-refractivity contribution < 1.29 is 5.11 Å². The van der Waals surface area contributed by atoms with E-state index >= 15 is 0 Å². The number of aliphatic hydroxyl groups excluding tert-OH is 1. The number of thiazole rings is 1. The van der Waals surface area contributed by atoms with Crippen LogP contribution in [0.4, 0.5) is 22.6 Å². The molecule has 2 aromatic heterocycles. The number of benzene rings is 1. The summed E-state index contributed by atoms with van der Waals surface area (Å²) in [7, 11) is 0. The molecule has 33 heavy (non-hydrogen) atoms. The molecule has 4 rings (SSSR count). The van der Waals surface area contributed by atoms with Crippen molar-refractivity contribution in [1.82, 2.24) is 15.0 Å². The summed E-state index contributed by atoms with van der Waals surface area (Å²) in [6, 6.07) is 8.05. The van der Waals surface area contributed by atoms with E-state index in [0.29, 0.717) is 35.6 Å². The van der Waals surface area contributed by atoms with Gasteiger partial charge in [0.15, 0.2) is 5.13 Å². The van der Waals surface area contributed by atoms with Crippen molar-refractivity contribution in [3.05, 3.63) is 35.7 Å². The minimum Gasteiger partial charge on any atom is -0.390 e. The van der Waals surface area contributed by atoms with Gasteiger partial charge in [0, 0.05) is 36.6 Å². The number of aliphatic hydroxyl groups is 1. The molecule has 1 aliphatic rings. The molecule has 0 aliphatic heterocycles. The average Bonchev–Trinajstić information content (AvgIpc) is 3.49. The van der Waals surface area contributed by atoms with Crippen LogP contribution in [-0.4, -0.2) is 45.9 Å². The van der Waals surface area contributed by atoms with E-state index in [-0.39, 0.29) is 18.5 Å². The molecular formula is C22H27N9OS. The molecule has 7 N–H and O–H groups in total. The number of allylic oxidation sites excluding steroid dienone is 1. The van der Waals surface area contributed by atoms with Crippen LogP contribution in [0.5, 0.6) is 0 Å². The molecule has 0 spiro atoms. The lowest BCUT2D eigenvalue weighted by Crippen LogP contribution is -2.35. The van der Waals surface area contributed by atoms with Crippen LogP contribution >= 0.6 is 11.3 Å². The van der Waals surface area contributed by atoms with Gasteiger partial charge >= 0.3 is 0 Å². The van der Waals surface area contributed by atoms with Crippen LogP contribution in [0.2, 0.25) is 0 Å². The topological polar surface area (TPSA) is 162 Å². The molecule has 2 heterocycles. The first kappa shape index (κ1) is 22.7. The van der Waals surface area contributed by atoms with Crippen LogP contribution in [0.15, 0.2) is 30.1 Å². The van der Waals surface area contributed by atoms with E-state index in [2.05, 4.69) is 25.6 Å². The Morgan fingerprint density at radius 3 is 2.88 bits per heavy atom. The Balaban J connectivity index is 1.64. The number of rotatable bonds is 9. The summed E-state index contributed by atoms with van der Waals surface area (Å²) in [5, 5.41) is 26.3. The molecule has 1 aliphatic carbocycles. The highest BCUT2D eigenvalue weighted by atomic mass is 32.1. The quantitative estimate of drug-likeness (QED) is 0.234. The Kier molecular flexibility index (Phi) is 7.19. The predicted molar refractivity (Wildman–Crippen MR) is 132 cm³/mol. The fourth-order valence-electron chi connectivity index (χ4n) is 3.95. The predicted octanol–water partition coefficient (Wildman–Crippen LogP) is 2.72. The lowest BCUT2D eigenvalue weighted by molar-refractivity contribution is 0.275. The van der Waals surface area contributed by atoms with E-state index < -0.39 is 0 Å². The van der Waals surface area contributed by atoms with Gasteiger partial charge in [-0.25, -0.2) is 9.97 Å². The Labute approximate surface area is 196 Å². The highest BCUT2D eigenvalue weighted by Gasteiger charge is 2.25. The van der Waals surface area contributed by atoms with E-state index in [0.717, 1.165) is 41.6 Å². The Morgan fingerprint density at radius 1 is 1.33 bits per heavy atom. The minimum absolute atomic E-state index is 0.0510. The number of nitriles is 1. The van der Waals surface area contributed by atoms with E-state index in [1.807, 2.05) is 29.2 Å². The van der Waals surface area contributed by atoms with E-state index in [1.165, 1.54) is 17.4 Å².